The molecular formula is C16H21ClN2O3. The summed E-state index contributed by atoms with van der Waals surface area (Å²) in [6.45, 7) is 3.47. The van der Waals surface area contributed by atoms with Gasteiger partial charge in [0.25, 0.3) is 5.91 Å². The number of halogens is 1. The van der Waals surface area contributed by atoms with Crippen LogP contribution in [0.4, 0.5) is 4.79 Å². The number of hydrogen-bond donors (Lipinski definition) is 1. The lowest BCUT2D eigenvalue weighted by molar-refractivity contribution is 0.0702. The third-order valence-corrected chi connectivity index (χ3v) is 3.87. The largest absolute Gasteiger partial charge is 0.448 e. The minimum absolute atomic E-state index is 0.0446. The van der Waals surface area contributed by atoms with Gasteiger partial charge in [0.05, 0.1) is 5.88 Å². The fraction of sp³-hybridized carbons (Fsp3) is 0.500. The van der Waals surface area contributed by atoms with E-state index < -0.39 is 6.09 Å². The highest BCUT2D eigenvalue weighted by Gasteiger charge is 2.24. The summed E-state index contributed by atoms with van der Waals surface area (Å²) in [6, 6.07) is 7.63. The van der Waals surface area contributed by atoms with Crippen molar-refractivity contribution < 1.29 is 14.3 Å². The van der Waals surface area contributed by atoms with Gasteiger partial charge in [-0.3, -0.25) is 4.79 Å². The summed E-state index contributed by atoms with van der Waals surface area (Å²) in [4.78, 5) is 25.7. The molecule has 0 atom stereocenters. The summed E-state index contributed by atoms with van der Waals surface area (Å²) in [6.07, 6.45) is 1.02. The number of likely N-dealkylation sites (tertiary alicyclic amines) is 1. The van der Waals surface area contributed by atoms with E-state index in [4.69, 9.17) is 16.3 Å². The van der Waals surface area contributed by atoms with E-state index in [1.54, 1.807) is 0 Å². The van der Waals surface area contributed by atoms with Gasteiger partial charge < -0.3 is 15.0 Å². The first-order chi connectivity index (χ1) is 10.6. The Morgan fingerprint density at radius 1 is 1.27 bits per heavy atom. The van der Waals surface area contributed by atoms with Gasteiger partial charge in [0.1, 0.15) is 6.61 Å². The van der Waals surface area contributed by atoms with Gasteiger partial charge in [-0.15, -0.1) is 11.6 Å². The summed E-state index contributed by atoms with van der Waals surface area (Å²) in [5.41, 5.74) is 1.84. The molecule has 1 aromatic rings. The molecule has 0 unspecified atom stereocenters. The van der Waals surface area contributed by atoms with E-state index in [1.807, 2.05) is 36.1 Å². The molecule has 0 aliphatic carbocycles. The molecule has 120 valence electrons. The number of ether oxygens (including phenoxy) is 1. The Balaban J connectivity index is 1.80. The van der Waals surface area contributed by atoms with Crippen LogP contribution in [0.15, 0.2) is 24.3 Å². The van der Waals surface area contributed by atoms with Gasteiger partial charge in [0.15, 0.2) is 0 Å². The number of alkyl halides is 1. The van der Waals surface area contributed by atoms with Crippen molar-refractivity contribution in [3.63, 3.8) is 0 Å². The number of aryl methyl sites for hydroxylation is 1. The maximum Gasteiger partial charge on any atom is 0.407 e. The van der Waals surface area contributed by atoms with Gasteiger partial charge in [0, 0.05) is 24.7 Å². The highest BCUT2D eigenvalue weighted by Crippen LogP contribution is 2.14. The monoisotopic (exact) mass is 324 g/mol. The Morgan fingerprint density at radius 2 is 1.91 bits per heavy atom. The third kappa shape index (κ3) is 4.63. The number of carbonyl (C=O) groups excluding carboxylic acids is 2. The number of alkyl carbamates (subject to hydrolysis) is 1. The van der Waals surface area contributed by atoms with E-state index in [9.17, 15) is 9.59 Å². The molecule has 22 heavy (non-hydrogen) atoms. The van der Waals surface area contributed by atoms with Gasteiger partial charge in [-0.1, -0.05) is 17.7 Å². The van der Waals surface area contributed by atoms with Crippen LogP contribution in [0, 0.1) is 6.92 Å². The number of carbonyl (C=O) groups is 2. The van der Waals surface area contributed by atoms with Gasteiger partial charge in [-0.25, -0.2) is 4.79 Å². The van der Waals surface area contributed by atoms with E-state index in [1.165, 1.54) is 0 Å². The lowest BCUT2D eigenvalue weighted by Crippen LogP contribution is -2.46. The molecule has 1 saturated heterocycles. The molecule has 1 aliphatic heterocycles. The van der Waals surface area contributed by atoms with Crippen molar-refractivity contribution in [3.8, 4) is 0 Å². The average Bonchev–Trinajstić information content (AvgIpc) is 2.54. The number of benzene rings is 1. The average molecular weight is 325 g/mol. The molecule has 1 aliphatic rings. The molecule has 1 aromatic carbocycles. The zero-order valence-corrected chi connectivity index (χ0v) is 13.4. The Hall–Kier alpha value is -1.75. The molecular weight excluding hydrogens is 304 g/mol. The molecule has 0 aromatic heterocycles. The van der Waals surface area contributed by atoms with E-state index in [0.29, 0.717) is 18.7 Å². The molecule has 2 amide bonds. The minimum atomic E-state index is -0.441. The van der Waals surface area contributed by atoms with Gasteiger partial charge >= 0.3 is 6.09 Å². The summed E-state index contributed by atoms with van der Waals surface area (Å²) in [5, 5.41) is 2.80. The summed E-state index contributed by atoms with van der Waals surface area (Å²) in [7, 11) is 0. The first-order valence-corrected chi connectivity index (χ1v) is 7.99. The molecule has 0 radical (unpaired) electrons. The molecule has 5 nitrogen and oxygen atoms in total. The normalized spacial score (nSPS) is 15.5. The van der Waals surface area contributed by atoms with Crippen molar-refractivity contribution in [3.05, 3.63) is 35.4 Å². The second kappa shape index (κ2) is 8.03. The molecule has 0 saturated carbocycles. The van der Waals surface area contributed by atoms with Crippen LogP contribution in [0.2, 0.25) is 0 Å². The van der Waals surface area contributed by atoms with Crippen molar-refractivity contribution in [2.24, 2.45) is 0 Å². The highest BCUT2D eigenvalue weighted by atomic mass is 35.5. The van der Waals surface area contributed by atoms with Crippen LogP contribution in [-0.4, -0.2) is 48.5 Å². The zero-order valence-electron chi connectivity index (χ0n) is 12.7. The molecule has 0 spiro atoms. The minimum Gasteiger partial charge on any atom is -0.448 e. The Morgan fingerprint density at radius 3 is 2.50 bits per heavy atom. The van der Waals surface area contributed by atoms with Crippen molar-refractivity contribution in [2.45, 2.75) is 25.8 Å². The lowest BCUT2D eigenvalue weighted by Gasteiger charge is -2.32. The van der Waals surface area contributed by atoms with Crippen molar-refractivity contribution in [1.82, 2.24) is 10.2 Å². The number of rotatable bonds is 4. The maximum atomic E-state index is 12.4. The number of nitrogens with one attached hydrogen (secondary N) is 1. The van der Waals surface area contributed by atoms with Crippen LogP contribution in [0.1, 0.15) is 28.8 Å². The van der Waals surface area contributed by atoms with Crippen molar-refractivity contribution in [1.29, 1.82) is 0 Å². The van der Waals surface area contributed by atoms with Crippen LogP contribution in [0.25, 0.3) is 0 Å². The lowest BCUT2D eigenvalue weighted by atomic mass is 10.0. The Labute approximate surface area is 135 Å². The second-order valence-electron chi connectivity index (χ2n) is 5.40. The molecule has 0 bridgehead atoms. The fourth-order valence-corrected chi connectivity index (χ4v) is 2.52. The van der Waals surface area contributed by atoms with Gasteiger partial charge in [0.2, 0.25) is 0 Å². The Bertz CT molecular complexity index is 511. The predicted octanol–water partition coefficient (Wildman–Crippen LogP) is 2.56. The Kier molecular flexibility index (Phi) is 6.07. The number of hydrogen-bond acceptors (Lipinski definition) is 3. The predicted molar refractivity (Wildman–Crippen MR) is 85.3 cm³/mol. The SMILES string of the molecule is Cc1ccc(C(=O)N2CCC(NC(=O)OCCCl)CC2)cc1. The summed E-state index contributed by atoms with van der Waals surface area (Å²) >= 11 is 5.46. The van der Waals surface area contributed by atoms with E-state index in [2.05, 4.69) is 5.32 Å². The van der Waals surface area contributed by atoms with Crippen LogP contribution in [0.5, 0.6) is 0 Å². The summed E-state index contributed by atoms with van der Waals surface area (Å²) in [5.74, 6) is 0.333. The zero-order chi connectivity index (χ0) is 15.9. The fourth-order valence-electron chi connectivity index (χ4n) is 2.45. The van der Waals surface area contributed by atoms with Crippen molar-refractivity contribution >= 4 is 23.6 Å². The number of amides is 2. The van der Waals surface area contributed by atoms with Crippen LogP contribution >= 0.6 is 11.6 Å². The third-order valence-electron chi connectivity index (χ3n) is 3.71. The van der Waals surface area contributed by atoms with Crippen molar-refractivity contribution in [2.75, 3.05) is 25.6 Å². The quantitative estimate of drug-likeness (QED) is 0.866. The first-order valence-electron chi connectivity index (χ1n) is 7.45. The van der Waals surface area contributed by atoms with Crippen LogP contribution < -0.4 is 5.32 Å². The number of nitrogens with zero attached hydrogens (tertiary/aromatic N) is 1. The van der Waals surface area contributed by atoms with E-state index in [-0.39, 0.29) is 24.4 Å². The first kappa shape index (κ1) is 16.6. The molecule has 1 N–H and O–H groups in total. The van der Waals surface area contributed by atoms with Gasteiger partial charge in [-0.05, 0) is 31.9 Å². The van der Waals surface area contributed by atoms with Crippen LogP contribution in [0.3, 0.4) is 0 Å². The summed E-state index contributed by atoms with van der Waals surface area (Å²) < 4.78 is 4.89. The van der Waals surface area contributed by atoms with Crippen LogP contribution in [-0.2, 0) is 4.74 Å². The number of piperidine rings is 1. The topological polar surface area (TPSA) is 58.6 Å². The van der Waals surface area contributed by atoms with E-state index >= 15 is 0 Å². The smallest absolute Gasteiger partial charge is 0.407 e. The van der Waals surface area contributed by atoms with Gasteiger partial charge in [-0.2, -0.15) is 0 Å². The highest BCUT2D eigenvalue weighted by molar-refractivity contribution is 6.18. The standard InChI is InChI=1S/C16H21ClN2O3/c1-12-2-4-13(5-3-12)15(20)19-9-6-14(7-10-19)18-16(21)22-11-8-17/h2-5,14H,6-11H2,1H3,(H,18,21). The van der Waals surface area contributed by atoms with E-state index in [0.717, 1.165) is 18.4 Å². The molecule has 6 heteroatoms. The molecule has 1 heterocycles. The maximum absolute atomic E-state index is 12.4. The molecule has 2 rings (SSSR count). The second-order valence-corrected chi connectivity index (χ2v) is 5.78. The molecule has 1 fully saturated rings.